The molecule has 0 saturated heterocycles. The van der Waals surface area contributed by atoms with Crippen LogP contribution in [0.4, 0.5) is 14.4 Å². The van der Waals surface area contributed by atoms with Crippen molar-refractivity contribution in [3.05, 3.63) is 24.0 Å². The zero-order valence-electron chi connectivity index (χ0n) is 16.2. The minimum Gasteiger partial charge on any atom is -0.444 e. The number of rotatable bonds is 5. The van der Waals surface area contributed by atoms with E-state index >= 15 is 0 Å². The highest BCUT2D eigenvalue weighted by atomic mass is 32.2. The van der Waals surface area contributed by atoms with Gasteiger partial charge in [-0.1, -0.05) is 11.3 Å². The summed E-state index contributed by atoms with van der Waals surface area (Å²) < 4.78 is 19.8. The molecular weight excluding hydrogens is 415 g/mol. The summed E-state index contributed by atoms with van der Waals surface area (Å²) in [5.74, 6) is 0. The maximum absolute atomic E-state index is 13.2. The fraction of sp³-hybridized carbons (Fsp3) is 0.444. The van der Waals surface area contributed by atoms with Crippen LogP contribution >= 0.6 is 23.7 Å². The lowest BCUT2D eigenvalue weighted by Gasteiger charge is -2.37. The summed E-state index contributed by atoms with van der Waals surface area (Å²) >= 11 is 1.52. The Morgan fingerprint density at radius 1 is 1.38 bits per heavy atom. The van der Waals surface area contributed by atoms with Gasteiger partial charge in [0.05, 0.1) is 11.3 Å². The van der Waals surface area contributed by atoms with E-state index in [2.05, 4.69) is 25.8 Å². The Kier molecular flexibility index (Phi) is 5.34. The Balaban J connectivity index is 1.50. The molecule has 0 atom stereocenters. The zero-order chi connectivity index (χ0) is 20.6. The van der Waals surface area contributed by atoms with Gasteiger partial charge in [-0.3, -0.25) is 0 Å². The number of carbonyl (C=O) groups excluding carboxylic acids is 1. The van der Waals surface area contributed by atoms with Crippen LogP contribution < -0.4 is 10.6 Å². The molecule has 8 nitrogen and oxygen atoms in total. The predicted molar refractivity (Wildman–Crippen MR) is 113 cm³/mol. The minimum absolute atomic E-state index is 0.0515. The Bertz CT molecular complexity index is 1010. The molecule has 0 bridgehead atoms. The molecule has 0 aromatic carbocycles. The maximum Gasteiger partial charge on any atom is 0.407 e. The summed E-state index contributed by atoms with van der Waals surface area (Å²) in [6.45, 7) is 5.51. The van der Waals surface area contributed by atoms with Crippen LogP contribution in [0.15, 0.2) is 24.0 Å². The van der Waals surface area contributed by atoms with Gasteiger partial charge in [-0.2, -0.15) is 0 Å². The fourth-order valence-electron chi connectivity index (χ4n) is 3.26. The average molecular weight is 437 g/mol. The first-order valence-electron chi connectivity index (χ1n) is 9.16. The molecule has 0 aliphatic heterocycles. The van der Waals surface area contributed by atoms with Crippen LogP contribution in [0.3, 0.4) is 0 Å². The van der Waals surface area contributed by atoms with E-state index in [1.165, 1.54) is 15.3 Å². The van der Waals surface area contributed by atoms with Crippen molar-refractivity contribution in [2.75, 3.05) is 5.32 Å². The number of anilines is 1. The van der Waals surface area contributed by atoms with Crippen molar-refractivity contribution in [1.82, 2.24) is 24.5 Å². The van der Waals surface area contributed by atoms with Crippen LogP contribution in [-0.4, -0.2) is 42.9 Å². The van der Waals surface area contributed by atoms with Gasteiger partial charge in [0.25, 0.3) is 0 Å². The van der Waals surface area contributed by atoms with E-state index in [0.717, 1.165) is 34.5 Å². The Labute approximate surface area is 175 Å². The molecule has 0 unspecified atom stereocenters. The minimum atomic E-state index is -0.521. The highest BCUT2D eigenvalue weighted by molar-refractivity contribution is 7.92. The molecular formula is C18H21FN6O2S2. The lowest BCUT2D eigenvalue weighted by molar-refractivity contribution is 0.0475. The topological polar surface area (TPSA) is 94.0 Å². The van der Waals surface area contributed by atoms with E-state index in [-0.39, 0.29) is 24.4 Å². The van der Waals surface area contributed by atoms with Gasteiger partial charge in [0.1, 0.15) is 11.1 Å². The number of halogens is 1. The number of pyridine rings is 1. The molecule has 1 aliphatic rings. The summed E-state index contributed by atoms with van der Waals surface area (Å²) in [7, 11) is 0. The molecule has 2 N–H and O–H groups in total. The van der Waals surface area contributed by atoms with E-state index in [1.807, 2.05) is 26.8 Å². The SMILES string of the molecule is CC(C)(C)OC(=O)N[C@H]1C[C@@H](Nc2c(-c3nncs3)cnc3c2ccn3SF)C1. The molecule has 1 amide bonds. The smallest absolute Gasteiger partial charge is 0.407 e. The van der Waals surface area contributed by atoms with E-state index < -0.39 is 11.7 Å². The van der Waals surface area contributed by atoms with Gasteiger partial charge < -0.3 is 15.4 Å². The van der Waals surface area contributed by atoms with Crippen molar-refractivity contribution in [3.8, 4) is 10.6 Å². The molecule has 1 aliphatic carbocycles. The third-order valence-electron chi connectivity index (χ3n) is 4.55. The molecule has 1 fully saturated rings. The normalized spacial score (nSPS) is 19.0. The van der Waals surface area contributed by atoms with Crippen LogP contribution in [0.2, 0.25) is 0 Å². The number of ether oxygens (including phenoxy) is 1. The standard InChI is InChI=1S/C18H21FN6O2S2/c1-18(2,3)27-17(26)23-11-6-10(7-11)22-14-12-4-5-25(29-19)15(12)20-8-13(14)16-24-21-9-28-16/h4-5,8-11H,6-7H2,1-3H3,(H,20,22)(H,23,26)/t10-,11+. The molecule has 11 heteroatoms. The van der Waals surface area contributed by atoms with Crippen LogP contribution in [-0.2, 0) is 4.74 Å². The molecule has 0 spiro atoms. The third-order valence-corrected chi connectivity index (χ3v) is 5.72. The van der Waals surface area contributed by atoms with Gasteiger partial charge in [-0.05, 0) is 39.7 Å². The Morgan fingerprint density at radius 2 is 2.17 bits per heavy atom. The molecule has 1 saturated carbocycles. The second-order valence-corrected chi connectivity index (χ2v) is 9.26. The van der Waals surface area contributed by atoms with Crippen LogP contribution in [0.5, 0.6) is 0 Å². The fourth-order valence-corrected chi connectivity index (χ4v) is 4.15. The lowest BCUT2D eigenvalue weighted by Crippen LogP contribution is -2.50. The highest BCUT2D eigenvalue weighted by Crippen LogP contribution is 2.38. The van der Waals surface area contributed by atoms with E-state index in [1.54, 1.807) is 17.9 Å². The summed E-state index contributed by atoms with van der Waals surface area (Å²) in [6.07, 6.45) is 4.45. The monoisotopic (exact) mass is 436 g/mol. The van der Waals surface area contributed by atoms with Crippen molar-refractivity contribution in [2.24, 2.45) is 0 Å². The number of aromatic nitrogens is 4. The van der Waals surface area contributed by atoms with E-state index in [0.29, 0.717) is 5.65 Å². The van der Waals surface area contributed by atoms with Gasteiger partial charge in [-0.15, -0.1) is 14.1 Å². The number of alkyl carbamates (subject to hydrolysis) is 1. The number of nitrogens with zero attached hydrogens (tertiary/aromatic N) is 4. The van der Waals surface area contributed by atoms with Crippen LogP contribution in [0.25, 0.3) is 21.6 Å². The Morgan fingerprint density at radius 3 is 2.83 bits per heavy atom. The first-order chi connectivity index (χ1) is 13.8. The molecule has 4 rings (SSSR count). The summed E-state index contributed by atoms with van der Waals surface area (Å²) in [4.78, 5) is 16.3. The molecule has 0 radical (unpaired) electrons. The second-order valence-electron chi connectivity index (χ2n) is 7.89. The summed E-state index contributed by atoms with van der Waals surface area (Å²) in [6, 6.07) is 2.04. The number of fused-ring (bicyclic) bond motifs is 1. The largest absolute Gasteiger partial charge is 0.444 e. The second kappa shape index (κ2) is 7.79. The summed E-state index contributed by atoms with van der Waals surface area (Å²) in [5.41, 5.74) is 3.35. The lowest BCUT2D eigenvalue weighted by atomic mass is 9.86. The molecule has 3 aromatic heterocycles. The van der Waals surface area contributed by atoms with Gasteiger partial charge in [0, 0.05) is 29.9 Å². The number of carbonyl (C=O) groups is 1. The van der Waals surface area contributed by atoms with Crippen molar-refractivity contribution in [3.63, 3.8) is 0 Å². The predicted octanol–water partition coefficient (Wildman–Crippen LogP) is 4.40. The van der Waals surface area contributed by atoms with Crippen LogP contribution in [0, 0.1) is 0 Å². The van der Waals surface area contributed by atoms with E-state index in [4.69, 9.17) is 4.74 Å². The summed E-state index contributed by atoms with van der Waals surface area (Å²) in [5, 5.41) is 16.0. The van der Waals surface area contributed by atoms with Crippen molar-refractivity contribution < 1.29 is 13.4 Å². The van der Waals surface area contributed by atoms with Crippen molar-refractivity contribution in [2.45, 2.75) is 51.3 Å². The maximum atomic E-state index is 13.2. The van der Waals surface area contributed by atoms with Crippen molar-refractivity contribution >= 4 is 46.5 Å². The number of hydrogen-bond donors (Lipinski definition) is 2. The highest BCUT2D eigenvalue weighted by Gasteiger charge is 2.32. The average Bonchev–Trinajstić information content (AvgIpc) is 3.27. The first kappa shape index (κ1) is 19.9. The van der Waals surface area contributed by atoms with Crippen LogP contribution in [0.1, 0.15) is 33.6 Å². The van der Waals surface area contributed by atoms with Gasteiger partial charge in [0.2, 0.25) is 0 Å². The third kappa shape index (κ3) is 4.30. The molecule has 3 heterocycles. The number of amides is 1. The van der Waals surface area contributed by atoms with E-state index in [9.17, 15) is 8.68 Å². The zero-order valence-corrected chi connectivity index (χ0v) is 17.8. The van der Waals surface area contributed by atoms with Gasteiger partial charge in [-0.25, -0.2) is 13.8 Å². The molecule has 3 aromatic rings. The van der Waals surface area contributed by atoms with Crippen molar-refractivity contribution in [1.29, 1.82) is 0 Å². The number of hydrogen-bond acceptors (Lipinski definition) is 8. The van der Waals surface area contributed by atoms with Gasteiger partial charge >= 0.3 is 6.09 Å². The first-order valence-corrected chi connectivity index (χ1v) is 10.7. The molecule has 29 heavy (non-hydrogen) atoms. The van der Waals surface area contributed by atoms with Gasteiger partial charge in [0.15, 0.2) is 23.0 Å². The Hall–Kier alpha value is -2.40. The molecule has 154 valence electrons. The quantitative estimate of drug-likeness (QED) is 0.612. The number of nitrogens with one attached hydrogen (secondary N) is 2.